The van der Waals surface area contributed by atoms with Gasteiger partial charge in [0.05, 0.1) is 6.54 Å². The minimum atomic E-state index is -0.00615. The van der Waals surface area contributed by atoms with Crippen LogP contribution in [0.25, 0.3) is 11.2 Å². The molecule has 35 heavy (non-hydrogen) atoms. The maximum Gasteiger partial charge on any atom is 0.251 e. The lowest BCUT2D eigenvalue weighted by Gasteiger charge is -2.22. The van der Waals surface area contributed by atoms with Crippen LogP contribution in [-0.2, 0) is 12.3 Å². The van der Waals surface area contributed by atoms with E-state index in [1.54, 1.807) is 11.8 Å². The van der Waals surface area contributed by atoms with Crippen LogP contribution in [0.15, 0.2) is 78.1 Å². The Morgan fingerprint density at radius 2 is 1.89 bits per heavy atom. The number of nitrogens with one attached hydrogen (secondary N) is 1. The lowest BCUT2D eigenvalue weighted by molar-refractivity contribution is 0.0941. The van der Waals surface area contributed by atoms with Gasteiger partial charge in [-0.05, 0) is 61.3 Å². The Morgan fingerprint density at radius 3 is 2.69 bits per heavy atom. The summed E-state index contributed by atoms with van der Waals surface area (Å²) in [5.74, 6) is 0.841. The van der Waals surface area contributed by atoms with Gasteiger partial charge < -0.3 is 5.32 Å². The van der Waals surface area contributed by atoms with E-state index in [0.717, 1.165) is 47.1 Å². The summed E-state index contributed by atoms with van der Waals surface area (Å²) in [4.78, 5) is 24.6. The Bertz CT molecular complexity index is 1270. The summed E-state index contributed by atoms with van der Waals surface area (Å²) in [7, 11) is 0. The van der Waals surface area contributed by atoms with Crippen LogP contribution in [0.5, 0.6) is 0 Å². The molecule has 0 aliphatic carbocycles. The Balaban J connectivity index is 1.27. The Kier molecular flexibility index (Phi) is 7.45. The maximum atomic E-state index is 12.7. The molecule has 1 atom stereocenters. The standard InChI is InChI=1S/C28H31N5OS/c1-2-32-17-7-10-24(32)18-30-27(34)23-14-12-21(13-15-23)19-33-26-25(11-6-16-29-26)31-28(33)35-20-22-8-4-3-5-9-22/h3-6,8-9,11-16,24H,2,7,10,17-20H2,1H3,(H,30,34). The summed E-state index contributed by atoms with van der Waals surface area (Å²) < 4.78 is 2.16. The van der Waals surface area contributed by atoms with Crippen molar-refractivity contribution in [3.05, 3.63) is 89.6 Å². The molecule has 1 aliphatic rings. The Hall–Kier alpha value is -3.16. The summed E-state index contributed by atoms with van der Waals surface area (Å²) in [5.41, 5.74) is 4.84. The average Bonchev–Trinajstić information content (AvgIpc) is 3.51. The minimum absolute atomic E-state index is 0.00615. The molecule has 1 amide bonds. The fourth-order valence-corrected chi connectivity index (χ4v) is 5.67. The van der Waals surface area contributed by atoms with Gasteiger partial charge in [0.25, 0.3) is 5.91 Å². The number of hydrogen-bond donors (Lipinski definition) is 1. The molecule has 1 N–H and O–H groups in total. The normalized spacial score (nSPS) is 16.1. The zero-order chi connectivity index (χ0) is 24.0. The molecule has 7 heteroatoms. The van der Waals surface area contributed by atoms with Crippen molar-refractivity contribution in [2.24, 2.45) is 0 Å². The number of likely N-dealkylation sites (N-methyl/N-ethyl adjacent to an activating group) is 1. The summed E-state index contributed by atoms with van der Waals surface area (Å²) in [6.45, 7) is 5.72. The first-order valence-electron chi connectivity index (χ1n) is 12.3. The van der Waals surface area contributed by atoms with E-state index >= 15 is 0 Å². The molecule has 3 heterocycles. The number of pyridine rings is 1. The fourth-order valence-electron chi connectivity index (χ4n) is 4.71. The van der Waals surface area contributed by atoms with Gasteiger partial charge in [0.15, 0.2) is 10.8 Å². The van der Waals surface area contributed by atoms with E-state index in [9.17, 15) is 4.79 Å². The topological polar surface area (TPSA) is 63.1 Å². The van der Waals surface area contributed by atoms with Gasteiger partial charge in [-0.1, -0.05) is 61.2 Å². The van der Waals surface area contributed by atoms with E-state index in [4.69, 9.17) is 4.98 Å². The molecule has 0 radical (unpaired) electrons. The number of likely N-dealkylation sites (tertiary alicyclic amines) is 1. The van der Waals surface area contributed by atoms with E-state index in [0.29, 0.717) is 24.7 Å². The predicted molar refractivity (Wildman–Crippen MR) is 142 cm³/mol. The van der Waals surface area contributed by atoms with Crippen LogP contribution in [0.1, 0.15) is 41.3 Å². The van der Waals surface area contributed by atoms with E-state index in [2.05, 4.69) is 51.0 Å². The molecule has 0 saturated carbocycles. The first-order chi connectivity index (χ1) is 17.2. The van der Waals surface area contributed by atoms with Crippen LogP contribution in [0.4, 0.5) is 0 Å². The second kappa shape index (κ2) is 11.1. The summed E-state index contributed by atoms with van der Waals surface area (Å²) in [6, 6.07) is 22.7. The molecule has 1 unspecified atom stereocenters. The number of nitrogens with zero attached hydrogens (tertiary/aromatic N) is 4. The fraction of sp³-hybridized carbons (Fsp3) is 0.321. The van der Waals surface area contributed by atoms with Crippen LogP contribution in [0.3, 0.4) is 0 Å². The van der Waals surface area contributed by atoms with E-state index in [1.807, 2.05) is 48.7 Å². The van der Waals surface area contributed by atoms with Gasteiger partial charge in [0.2, 0.25) is 0 Å². The molecule has 180 valence electrons. The second-order valence-electron chi connectivity index (χ2n) is 8.93. The van der Waals surface area contributed by atoms with Crippen LogP contribution in [0, 0.1) is 0 Å². The number of carbonyl (C=O) groups is 1. The van der Waals surface area contributed by atoms with Crippen molar-refractivity contribution in [2.45, 2.75) is 43.3 Å². The Labute approximate surface area is 210 Å². The summed E-state index contributed by atoms with van der Waals surface area (Å²) >= 11 is 1.72. The molecule has 4 aromatic rings. The van der Waals surface area contributed by atoms with Gasteiger partial charge in [-0.2, -0.15) is 0 Å². The zero-order valence-electron chi connectivity index (χ0n) is 20.1. The summed E-state index contributed by atoms with van der Waals surface area (Å²) in [5, 5.41) is 4.07. The predicted octanol–water partition coefficient (Wildman–Crippen LogP) is 4.99. The SMILES string of the molecule is CCN1CCCC1CNC(=O)c1ccc(Cn2c(SCc3ccccc3)nc3cccnc32)cc1. The third-order valence-electron chi connectivity index (χ3n) is 6.64. The maximum absolute atomic E-state index is 12.7. The summed E-state index contributed by atoms with van der Waals surface area (Å²) in [6.07, 6.45) is 4.18. The van der Waals surface area contributed by atoms with Crippen LogP contribution in [-0.4, -0.2) is 51.0 Å². The number of amides is 1. The third kappa shape index (κ3) is 5.57. The Morgan fingerprint density at radius 1 is 1.06 bits per heavy atom. The number of fused-ring (bicyclic) bond motifs is 1. The quantitative estimate of drug-likeness (QED) is 0.339. The lowest BCUT2D eigenvalue weighted by atomic mass is 10.1. The molecule has 2 aromatic carbocycles. The van der Waals surface area contributed by atoms with E-state index in [-0.39, 0.29) is 5.91 Å². The van der Waals surface area contributed by atoms with Crippen molar-refractivity contribution in [1.82, 2.24) is 24.8 Å². The third-order valence-corrected chi connectivity index (χ3v) is 7.69. The molecular weight excluding hydrogens is 454 g/mol. The monoisotopic (exact) mass is 485 g/mol. The highest BCUT2D eigenvalue weighted by molar-refractivity contribution is 7.98. The van der Waals surface area contributed by atoms with Crippen molar-refractivity contribution in [1.29, 1.82) is 0 Å². The first-order valence-corrected chi connectivity index (χ1v) is 13.3. The van der Waals surface area contributed by atoms with Gasteiger partial charge >= 0.3 is 0 Å². The zero-order valence-corrected chi connectivity index (χ0v) is 20.9. The lowest BCUT2D eigenvalue weighted by Crippen LogP contribution is -2.40. The van der Waals surface area contributed by atoms with Crippen molar-refractivity contribution >= 4 is 28.8 Å². The molecular formula is C28H31N5OS. The van der Waals surface area contributed by atoms with E-state index < -0.39 is 0 Å². The molecule has 2 aromatic heterocycles. The molecule has 6 nitrogen and oxygen atoms in total. The molecule has 0 spiro atoms. The minimum Gasteiger partial charge on any atom is -0.350 e. The number of imidazole rings is 1. The van der Waals surface area contributed by atoms with Gasteiger partial charge in [-0.3, -0.25) is 14.3 Å². The highest BCUT2D eigenvalue weighted by Gasteiger charge is 2.23. The number of rotatable bonds is 9. The number of thioether (sulfide) groups is 1. The van der Waals surface area contributed by atoms with Crippen molar-refractivity contribution in [2.75, 3.05) is 19.6 Å². The van der Waals surface area contributed by atoms with Crippen molar-refractivity contribution < 1.29 is 4.79 Å². The smallest absolute Gasteiger partial charge is 0.251 e. The van der Waals surface area contributed by atoms with Gasteiger partial charge in [-0.25, -0.2) is 9.97 Å². The highest BCUT2D eigenvalue weighted by atomic mass is 32.2. The molecule has 1 aliphatic heterocycles. The van der Waals surface area contributed by atoms with Crippen LogP contribution >= 0.6 is 11.8 Å². The number of aromatic nitrogens is 3. The molecule has 1 fully saturated rings. The first kappa shape index (κ1) is 23.6. The van der Waals surface area contributed by atoms with E-state index in [1.165, 1.54) is 12.0 Å². The molecule has 1 saturated heterocycles. The molecule has 0 bridgehead atoms. The van der Waals surface area contributed by atoms with Crippen molar-refractivity contribution in [3.63, 3.8) is 0 Å². The largest absolute Gasteiger partial charge is 0.350 e. The van der Waals surface area contributed by atoms with Gasteiger partial charge in [0.1, 0.15) is 5.52 Å². The van der Waals surface area contributed by atoms with Crippen molar-refractivity contribution in [3.8, 4) is 0 Å². The average molecular weight is 486 g/mol. The van der Waals surface area contributed by atoms with Gasteiger partial charge in [-0.15, -0.1) is 0 Å². The number of hydrogen-bond acceptors (Lipinski definition) is 5. The number of carbonyl (C=O) groups excluding carboxylic acids is 1. The second-order valence-corrected chi connectivity index (χ2v) is 9.88. The van der Waals surface area contributed by atoms with Gasteiger partial charge in [0, 0.05) is 30.1 Å². The van der Waals surface area contributed by atoms with Crippen LogP contribution < -0.4 is 5.32 Å². The van der Waals surface area contributed by atoms with Crippen LogP contribution in [0.2, 0.25) is 0 Å². The molecule has 5 rings (SSSR count). The highest BCUT2D eigenvalue weighted by Crippen LogP contribution is 2.27. The number of benzene rings is 2.